The van der Waals surface area contributed by atoms with Crippen LogP contribution >= 0.6 is 43.6 Å². The Balaban J connectivity index is 1.87. The van der Waals surface area contributed by atoms with E-state index in [1.165, 1.54) is 5.56 Å². The first-order chi connectivity index (χ1) is 13.5. The van der Waals surface area contributed by atoms with Crippen molar-refractivity contribution in [3.05, 3.63) is 79.9 Å². The van der Waals surface area contributed by atoms with Crippen molar-refractivity contribution < 1.29 is 9.53 Å². The van der Waals surface area contributed by atoms with Crippen molar-refractivity contribution in [1.29, 1.82) is 0 Å². The topological polar surface area (TPSA) is 50.7 Å². The highest BCUT2D eigenvalue weighted by Crippen LogP contribution is 2.34. The van der Waals surface area contributed by atoms with E-state index in [1.54, 1.807) is 18.7 Å². The van der Waals surface area contributed by atoms with Gasteiger partial charge in [-0.3, -0.25) is 0 Å². The van der Waals surface area contributed by atoms with Gasteiger partial charge < -0.3 is 10.1 Å². The van der Waals surface area contributed by atoms with E-state index in [0.29, 0.717) is 12.2 Å². The molecule has 0 amide bonds. The first kappa shape index (κ1) is 21.1. The number of thioether (sulfide) groups is 1. The minimum atomic E-state index is -0.398. The number of aliphatic imine (C=N–C) groups is 1. The summed E-state index contributed by atoms with van der Waals surface area (Å²) < 4.78 is 7.29. The van der Waals surface area contributed by atoms with Gasteiger partial charge in [-0.1, -0.05) is 67.9 Å². The summed E-state index contributed by atoms with van der Waals surface area (Å²) in [4.78, 5) is 17.4. The predicted octanol–water partition coefficient (Wildman–Crippen LogP) is 5.98. The molecule has 1 atom stereocenters. The molecule has 0 saturated heterocycles. The number of esters is 1. The van der Waals surface area contributed by atoms with Crippen LogP contribution in [0.25, 0.3) is 0 Å². The Hall–Kier alpha value is -1.57. The van der Waals surface area contributed by atoms with Gasteiger partial charge in [-0.2, -0.15) is 0 Å². The Morgan fingerprint density at radius 3 is 2.61 bits per heavy atom. The second-order valence-corrected chi connectivity index (χ2v) is 8.99. The summed E-state index contributed by atoms with van der Waals surface area (Å²) in [5.41, 5.74) is 3.47. The number of carbonyl (C=O) groups is 1. The molecular weight excluding hydrogens is 504 g/mol. The number of carbonyl (C=O) groups excluding carboxylic acids is 1. The first-order valence-corrected chi connectivity index (χ1v) is 11.4. The van der Waals surface area contributed by atoms with Crippen LogP contribution in [0.4, 0.5) is 0 Å². The maximum Gasteiger partial charge on any atom is 0.338 e. The summed E-state index contributed by atoms with van der Waals surface area (Å²) in [6.07, 6.45) is 0. The molecule has 2 aromatic rings. The van der Waals surface area contributed by atoms with Gasteiger partial charge in [0.05, 0.1) is 12.2 Å². The van der Waals surface area contributed by atoms with Crippen molar-refractivity contribution in [3.63, 3.8) is 0 Å². The predicted molar refractivity (Wildman–Crippen MR) is 122 cm³/mol. The molecule has 0 spiro atoms. The minimum Gasteiger partial charge on any atom is -0.463 e. The summed E-state index contributed by atoms with van der Waals surface area (Å²) >= 11 is 8.58. The molecular formula is C21H20Br2N2O2S. The van der Waals surface area contributed by atoms with Crippen molar-refractivity contribution >= 4 is 54.8 Å². The molecule has 2 aromatic carbocycles. The molecule has 0 saturated carbocycles. The Morgan fingerprint density at radius 1 is 1.18 bits per heavy atom. The van der Waals surface area contributed by atoms with E-state index in [-0.39, 0.29) is 5.97 Å². The van der Waals surface area contributed by atoms with Crippen LogP contribution in [0.2, 0.25) is 0 Å². The fraction of sp³-hybridized carbons (Fsp3) is 0.238. The summed E-state index contributed by atoms with van der Waals surface area (Å²) in [6, 6.07) is 15.7. The molecule has 1 heterocycles. The number of amidine groups is 1. The van der Waals surface area contributed by atoms with E-state index in [4.69, 9.17) is 9.73 Å². The van der Waals surface area contributed by atoms with Crippen LogP contribution < -0.4 is 5.32 Å². The summed E-state index contributed by atoms with van der Waals surface area (Å²) in [7, 11) is 0. The van der Waals surface area contributed by atoms with Gasteiger partial charge in [0.25, 0.3) is 0 Å². The highest BCUT2D eigenvalue weighted by Gasteiger charge is 2.30. The van der Waals surface area contributed by atoms with E-state index in [9.17, 15) is 4.79 Å². The fourth-order valence-corrected chi connectivity index (χ4v) is 4.43. The van der Waals surface area contributed by atoms with E-state index < -0.39 is 6.04 Å². The number of allylic oxidation sites excluding steroid dienone is 1. The summed E-state index contributed by atoms with van der Waals surface area (Å²) in [6.45, 7) is 4.03. The Kier molecular flexibility index (Phi) is 7.37. The van der Waals surface area contributed by atoms with Gasteiger partial charge in [-0.05, 0) is 49.2 Å². The van der Waals surface area contributed by atoms with E-state index in [2.05, 4.69) is 49.3 Å². The van der Waals surface area contributed by atoms with Crippen LogP contribution in [0.5, 0.6) is 0 Å². The molecule has 146 valence electrons. The fourth-order valence-electron chi connectivity index (χ4n) is 2.84. The largest absolute Gasteiger partial charge is 0.463 e. The average Bonchev–Trinajstić information content (AvgIpc) is 2.67. The third kappa shape index (κ3) is 5.27. The van der Waals surface area contributed by atoms with Gasteiger partial charge in [0.1, 0.15) is 6.04 Å². The molecule has 1 aliphatic heterocycles. The van der Waals surface area contributed by atoms with Crippen molar-refractivity contribution in [2.24, 2.45) is 4.99 Å². The molecule has 0 unspecified atom stereocenters. The molecule has 0 radical (unpaired) electrons. The van der Waals surface area contributed by atoms with Gasteiger partial charge in [-0.15, -0.1) is 0 Å². The standard InChI is InChI=1S/C21H20Br2N2O2S/c1-3-27-20(26)18-13(2)24-21(28-12-14-7-9-16(22)10-8-14)25-19(18)15-5-4-6-17(23)11-15/h4-11,19H,3,12H2,1-2H3,(H,24,25)/t19-/m1/s1. The Labute approximate surface area is 186 Å². The van der Waals surface area contributed by atoms with Crippen molar-refractivity contribution in [3.8, 4) is 0 Å². The molecule has 4 nitrogen and oxygen atoms in total. The second kappa shape index (κ2) is 9.76. The normalized spacial score (nSPS) is 16.4. The molecule has 7 heteroatoms. The van der Waals surface area contributed by atoms with Crippen molar-refractivity contribution in [2.45, 2.75) is 25.6 Å². The van der Waals surface area contributed by atoms with Gasteiger partial charge in [0.15, 0.2) is 5.17 Å². The van der Waals surface area contributed by atoms with Crippen LogP contribution in [0.1, 0.15) is 31.0 Å². The van der Waals surface area contributed by atoms with Crippen LogP contribution in [-0.2, 0) is 15.3 Å². The van der Waals surface area contributed by atoms with Gasteiger partial charge in [-0.25, -0.2) is 9.79 Å². The summed E-state index contributed by atoms with van der Waals surface area (Å²) in [5, 5.41) is 4.06. The lowest BCUT2D eigenvalue weighted by Crippen LogP contribution is -2.30. The summed E-state index contributed by atoms with van der Waals surface area (Å²) in [5.74, 6) is 0.449. The number of nitrogens with zero attached hydrogens (tertiary/aromatic N) is 1. The number of benzene rings is 2. The number of ether oxygens (including phenoxy) is 1. The van der Waals surface area contributed by atoms with Crippen LogP contribution in [0, 0.1) is 0 Å². The molecule has 0 aromatic heterocycles. The highest BCUT2D eigenvalue weighted by molar-refractivity contribution is 9.10. The monoisotopic (exact) mass is 522 g/mol. The Bertz CT molecular complexity index is 926. The molecule has 3 rings (SSSR count). The lowest BCUT2D eigenvalue weighted by atomic mass is 9.97. The number of halogens is 2. The zero-order valence-electron chi connectivity index (χ0n) is 15.5. The molecule has 0 fully saturated rings. The average molecular weight is 524 g/mol. The smallest absolute Gasteiger partial charge is 0.338 e. The van der Waals surface area contributed by atoms with Crippen LogP contribution in [0.3, 0.4) is 0 Å². The number of hydrogen-bond donors (Lipinski definition) is 1. The first-order valence-electron chi connectivity index (χ1n) is 8.83. The zero-order valence-corrected chi connectivity index (χ0v) is 19.5. The van der Waals surface area contributed by atoms with Gasteiger partial charge in [0.2, 0.25) is 0 Å². The third-order valence-electron chi connectivity index (χ3n) is 4.17. The Morgan fingerprint density at radius 2 is 1.93 bits per heavy atom. The van der Waals surface area contributed by atoms with Crippen molar-refractivity contribution in [2.75, 3.05) is 6.61 Å². The van der Waals surface area contributed by atoms with Gasteiger partial charge in [0, 0.05) is 20.4 Å². The molecule has 0 bridgehead atoms. The molecule has 1 N–H and O–H groups in total. The van der Waals surface area contributed by atoms with Crippen LogP contribution in [0.15, 0.2) is 73.7 Å². The lowest BCUT2D eigenvalue weighted by molar-refractivity contribution is -0.138. The molecule has 0 aliphatic carbocycles. The van der Waals surface area contributed by atoms with Crippen molar-refractivity contribution in [1.82, 2.24) is 5.32 Å². The maximum atomic E-state index is 12.6. The van der Waals surface area contributed by atoms with E-state index in [1.807, 2.05) is 43.3 Å². The minimum absolute atomic E-state index is 0.329. The van der Waals surface area contributed by atoms with Crippen LogP contribution in [-0.4, -0.2) is 17.7 Å². The highest BCUT2D eigenvalue weighted by atomic mass is 79.9. The maximum absolute atomic E-state index is 12.6. The molecule has 1 aliphatic rings. The van der Waals surface area contributed by atoms with E-state index >= 15 is 0 Å². The number of nitrogens with one attached hydrogen (secondary N) is 1. The SMILES string of the molecule is CCOC(=O)C1=C(C)NC(SCc2ccc(Br)cc2)=N[C@@H]1c1cccc(Br)c1. The quantitative estimate of drug-likeness (QED) is 0.489. The zero-order chi connectivity index (χ0) is 20.1. The van der Waals surface area contributed by atoms with Gasteiger partial charge >= 0.3 is 5.97 Å². The molecule has 28 heavy (non-hydrogen) atoms. The second-order valence-electron chi connectivity index (χ2n) is 6.19. The number of rotatable bonds is 5. The lowest BCUT2D eigenvalue weighted by Gasteiger charge is -2.26. The number of hydrogen-bond acceptors (Lipinski definition) is 5. The third-order valence-corrected chi connectivity index (χ3v) is 6.15. The van der Waals surface area contributed by atoms with E-state index in [0.717, 1.165) is 31.1 Å².